The van der Waals surface area contributed by atoms with E-state index in [2.05, 4.69) is 187 Å². The van der Waals surface area contributed by atoms with Crippen molar-refractivity contribution in [3.63, 3.8) is 0 Å². The number of hydrogen-bond donors (Lipinski definition) is 0. The second kappa shape index (κ2) is 14.6. The quantitative estimate of drug-likeness (QED) is 0.167. The van der Waals surface area contributed by atoms with Gasteiger partial charge in [0.05, 0.1) is 11.7 Å². The number of benzene rings is 6. The van der Waals surface area contributed by atoms with Crippen molar-refractivity contribution in [1.29, 1.82) is 0 Å². The molecule has 5 aliphatic rings. The molecule has 0 amide bonds. The number of fused-ring (bicyclic) bond motifs is 9. The summed E-state index contributed by atoms with van der Waals surface area (Å²) < 4.78 is 6.93. The highest BCUT2D eigenvalue weighted by Crippen LogP contribution is 2.48. The number of hydrogen-bond acceptors (Lipinski definition) is 2. The van der Waals surface area contributed by atoms with Crippen LogP contribution in [0, 0.1) is 11.8 Å². The van der Waals surface area contributed by atoms with Crippen molar-refractivity contribution in [2.45, 2.75) is 51.0 Å². The number of aryl methyl sites for hydroxylation is 1. The van der Waals surface area contributed by atoms with Crippen molar-refractivity contribution in [1.82, 2.24) is 0 Å². The number of para-hydroxylation sites is 1. The normalized spacial score (nSPS) is 20.6. The zero-order valence-electron chi connectivity index (χ0n) is 33.9. The second-order valence-corrected chi connectivity index (χ2v) is 17.2. The third-order valence-corrected chi connectivity index (χ3v) is 13.9. The molecule has 12 rings (SSSR count). The predicted molar refractivity (Wildman–Crippen MR) is 253 cm³/mol. The van der Waals surface area contributed by atoms with E-state index in [9.17, 15) is 0 Å². The fourth-order valence-corrected chi connectivity index (χ4v) is 11.0. The average Bonchev–Trinajstić information content (AvgIpc) is 3.72. The Hall–Kier alpha value is -6.64. The van der Waals surface area contributed by atoms with Crippen LogP contribution in [0.4, 0.5) is 11.4 Å². The lowest BCUT2D eigenvalue weighted by atomic mass is 9.67. The molecule has 6 aromatic carbocycles. The third kappa shape index (κ3) is 5.92. The summed E-state index contributed by atoms with van der Waals surface area (Å²) in [6.45, 7) is 0. The van der Waals surface area contributed by atoms with E-state index in [1.165, 1.54) is 92.1 Å². The minimum atomic E-state index is 0.0841. The second-order valence-electron chi connectivity index (χ2n) is 17.2. The van der Waals surface area contributed by atoms with Crippen molar-refractivity contribution in [3.05, 3.63) is 209 Å². The zero-order valence-corrected chi connectivity index (χ0v) is 33.9. The fourth-order valence-electron chi connectivity index (χ4n) is 11.0. The molecule has 0 fully saturated rings. The van der Waals surface area contributed by atoms with Crippen LogP contribution in [0.15, 0.2) is 192 Å². The van der Waals surface area contributed by atoms with Gasteiger partial charge < -0.3 is 9.32 Å². The molecule has 3 unspecified atom stereocenters. The molecule has 60 heavy (non-hydrogen) atoms. The van der Waals surface area contributed by atoms with Gasteiger partial charge in [-0.15, -0.1) is 0 Å². The molecule has 0 spiro atoms. The van der Waals surface area contributed by atoms with E-state index in [1.807, 2.05) is 0 Å². The SMILES string of the molecule is C1=Cc2c(ccc3ccc(C4=CCC(N(c5ccc(C6=C7C=CCCC7C7CCC=CC7=C6)cc5)c5cccc6c5oc5cccc(-c7ccccc7)c56)C=C4)cc23)CC1. The van der Waals surface area contributed by atoms with E-state index in [0.29, 0.717) is 11.8 Å². The lowest BCUT2D eigenvalue weighted by Crippen LogP contribution is -2.30. The number of rotatable bonds is 6. The lowest BCUT2D eigenvalue weighted by Gasteiger charge is -2.38. The maximum atomic E-state index is 6.93. The molecule has 0 N–H and O–H groups in total. The first-order valence-corrected chi connectivity index (χ1v) is 22.0. The molecule has 0 bridgehead atoms. The van der Waals surface area contributed by atoms with Gasteiger partial charge in [0.25, 0.3) is 0 Å². The molecule has 0 saturated heterocycles. The fraction of sp³-hybridized carbons (Fsp3) is 0.172. The third-order valence-electron chi connectivity index (χ3n) is 13.9. The first-order valence-electron chi connectivity index (χ1n) is 22.0. The van der Waals surface area contributed by atoms with Crippen LogP contribution in [-0.2, 0) is 6.42 Å². The molecule has 2 nitrogen and oxygen atoms in total. The Bertz CT molecular complexity index is 3070. The van der Waals surface area contributed by atoms with Crippen LogP contribution < -0.4 is 4.90 Å². The first-order chi connectivity index (χ1) is 29.7. The first kappa shape index (κ1) is 35.3. The van der Waals surface area contributed by atoms with E-state index in [0.717, 1.165) is 52.6 Å². The maximum Gasteiger partial charge on any atom is 0.159 e. The molecule has 7 aromatic rings. The molecule has 1 aromatic heterocycles. The summed E-state index contributed by atoms with van der Waals surface area (Å²) in [7, 11) is 0. The molecule has 3 atom stereocenters. The van der Waals surface area contributed by atoms with E-state index in [1.54, 1.807) is 0 Å². The highest BCUT2D eigenvalue weighted by molar-refractivity contribution is 6.15. The Morgan fingerprint density at radius 3 is 2.32 bits per heavy atom. The average molecular weight is 774 g/mol. The summed E-state index contributed by atoms with van der Waals surface area (Å²) in [6, 6.07) is 44.9. The van der Waals surface area contributed by atoms with Crippen LogP contribution in [0.5, 0.6) is 0 Å². The summed E-state index contributed by atoms with van der Waals surface area (Å²) in [4.78, 5) is 2.52. The summed E-state index contributed by atoms with van der Waals surface area (Å²) in [6.07, 6.45) is 31.9. The standard InChI is InChI=1S/C58H47NO/c1-2-12-39(13-3-1)49-20-11-23-56-57(49)52-21-10-22-55(58(52)60-56)59(45-32-28-38(29-33-45)43-27-26-41-25-24-40-14-4-6-16-47(40)53(41)36-43)46-34-30-42(31-35-46)54-37-44-15-5-7-17-48(44)50-18-8-9-19-51(50)54/h1-3,5-6,9-13,15-16,19-32,34-37,45,48,50H,4,7-8,14,17-18,33H2. The van der Waals surface area contributed by atoms with Crippen molar-refractivity contribution < 1.29 is 4.42 Å². The Kier molecular flexibility index (Phi) is 8.58. The van der Waals surface area contributed by atoms with Gasteiger partial charge in [0.1, 0.15) is 5.58 Å². The number of nitrogens with zero attached hydrogens (tertiary/aromatic N) is 1. The zero-order chi connectivity index (χ0) is 39.6. The number of furan rings is 1. The Morgan fingerprint density at radius 1 is 0.617 bits per heavy atom. The van der Waals surface area contributed by atoms with Crippen LogP contribution in [0.3, 0.4) is 0 Å². The summed E-state index contributed by atoms with van der Waals surface area (Å²) in [5.41, 5.74) is 17.6. The molecular formula is C58H47NO. The van der Waals surface area contributed by atoms with E-state index >= 15 is 0 Å². The molecule has 1 heterocycles. The van der Waals surface area contributed by atoms with Gasteiger partial charge >= 0.3 is 0 Å². The van der Waals surface area contributed by atoms with Crippen LogP contribution in [0.2, 0.25) is 0 Å². The molecule has 5 aliphatic carbocycles. The van der Waals surface area contributed by atoms with Gasteiger partial charge in [0.2, 0.25) is 0 Å². The number of allylic oxidation sites excluding steroid dienone is 11. The topological polar surface area (TPSA) is 16.4 Å². The minimum Gasteiger partial charge on any atom is -0.454 e. The van der Waals surface area contributed by atoms with Crippen LogP contribution in [0.25, 0.3) is 61.1 Å². The molecule has 0 aliphatic heterocycles. The summed E-state index contributed by atoms with van der Waals surface area (Å²) in [5.74, 6) is 1.25. The van der Waals surface area contributed by atoms with E-state index in [4.69, 9.17) is 4.42 Å². The highest BCUT2D eigenvalue weighted by Gasteiger charge is 2.34. The van der Waals surface area contributed by atoms with Gasteiger partial charge in [0, 0.05) is 16.5 Å². The Labute approximate surface area is 352 Å². The Balaban J connectivity index is 0.964. The minimum absolute atomic E-state index is 0.0841. The van der Waals surface area contributed by atoms with Gasteiger partial charge in [-0.2, -0.15) is 0 Å². The molecule has 2 heteroatoms. The maximum absolute atomic E-state index is 6.93. The van der Waals surface area contributed by atoms with Gasteiger partial charge in [-0.3, -0.25) is 0 Å². The van der Waals surface area contributed by atoms with Crippen LogP contribution >= 0.6 is 0 Å². The lowest BCUT2D eigenvalue weighted by molar-refractivity contribution is 0.383. The predicted octanol–water partition coefficient (Wildman–Crippen LogP) is 15.5. The molecule has 0 saturated carbocycles. The van der Waals surface area contributed by atoms with Crippen LogP contribution in [-0.4, -0.2) is 6.04 Å². The monoisotopic (exact) mass is 773 g/mol. The largest absolute Gasteiger partial charge is 0.454 e. The Morgan fingerprint density at radius 2 is 1.43 bits per heavy atom. The van der Waals surface area contributed by atoms with E-state index in [-0.39, 0.29) is 6.04 Å². The molecule has 290 valence electrons. The van der Waals surface area contributed by atoms with Gasteiger partial charge in [-0.1, -0.05) is 152 Å². The van der Waals surface area contributed by atoms with E-state index < -0.39 is 0 Å². The smallest absolute Gasteiger partial charge is 0.159 e. The van der Waals surface area contributed by atoms with Crippen molar-refractivity contribution >= 4 is 61.3 Å². The van der Waals surface area contributed by atoms with Gasteiger partial charge in [-0.05, 0) is 154 Å². The van der Waals surface area contributed by atoms with Gasteiger partial charge in [0.15, 0.2) is 5.58 Å². The number of anilines is 2. The van der Waals surface area contributed by atoms with Gasteiger partial charge in [-0.25, -0.2) is 0 Å². The summed E-state index contributed by atoms with van der Waals surface area (Å²) in [5, 5.41) is 4.95. The molecular weight excluding hydrogens is 727 g/mol. The molecule has 0 radical (unpaired) electrons. The van der Waals surface area contributed by atoms with Crippen molar-refractivity contribution in [3.8, 4) is 11.1 Å². The van der Waals surface area contributed by atoms with Crippen molar-refractivity contribution in [2.75, 3.05) is 4.90 Å². The van der Waals surface area contributed by atoms with Crippen molar-refractivity contribution in [2.24, 2.45) is 11.8 Å². The summed E-state index contributed by atoms with van der Waals surface area (Å²) >= 11 is 0. The highest BCUT2D eigenvalue weighted by atomic mass is 16.3. The van der Waals surface area contributed by atoms with Crippen LogP contribution in [0.1, 0.15) is 60.8 Å².